The molecule has 0 saturated heterocycles. The Bertz CT molecular complexity index is 1200. The van der Waals surface area contributed by atoms with E-state index in [1.54, 1.807) is 49.4 Å². The van der Waals surface area contributed by atoms with Crippen molar-refractivity contribution in [3.8, 4) is 28.5 Å². The summed E-state index contributed by atoms with van der Waals surface area (Å²) in [6, 6.07) is 11.8. The fourth-order valence-corrected chi connectivity index (χ4v) is 2.88. The molecule has 0 amide bonds. The van der Waals surface area contributed by atoms with Gasteiger partial charge in [0.15, 0.2) is 17.5 Å². The number of methoxy groups -OCH3 is 1. The maximum absolute atomic E-state index is 11.7. The molecule has 0 aliphatic carbocycles. The zero-order chi connectivity index (χ0) is 28.5. The first-order valence-electron chi connectivity index (χ1n) is 12.3. The molecule has 0 radical (unpaired) electrons. The molecule has 7 heteroatoms. The minimum atomic E-state index is -0.457. The van der Waals surface area contributed by atoms with Crippen LogP contribution in [0.5, 0.6) is 5.75 Å². The van der Waals surface area contributed by atoms with E-state index in [2.05, 4.69) is 28.1 Å². The highest BCUT2D eigenvalue weighted by Gasteiger charge is 2.18. The molecule has 0 unspecified atom stereocenters. The van der Waals surface area contributed by atoms with Crippen molar-refractivity contribution in [2.24, 2.45) is 0 Å². The number of benzene rings is 2. The van der Waals surface area contributed by atoms with E-state index >= 15 is 0 Å². The van der Waals surface area contributed by atoms with E-state index in [0.717, 1.165) is 0 Å². The number of aliphatic hydroxyl groups is 1. The fraction of sp³-hybridized carbons (Fsp3) is 0.267. The van der Waals surface area contributed by atoms with Crippen LogP contribution in [-0.2, 0) is 4.74 Å². The molecule has 1 aromatic heterocycles. The summed E-state index contributed by atoms with van der Waals surface area (Å²) >= 11 is 0. The molecule has 0 fully saturated rings. The van der Waals surface area contributed by atoms with Crippen molar-refractivity contribution in [2.45, 2.75) is 48.5 Å². The van der Waals surface area contributed by atoms with E-state index in [0.29, 0.717) is 22.3 Å². The molecule has 0 saturated carbocycles. The number of rotatable bonds is 6. The average Bonchev–Trinajstić information content (AvgIpc) is 2.95. The Morgan fingerprint density at radius 3 is 2.00 bits per heavy atom. The van der Waals surface area contributed by atoms with Crippen molar-refractivity contribution in [1.82, 2.24) is 15.0 Å². The van der Waals surface area contributed by atoms with E-state index < -0.39 is 5.97 Å². The lowest BCUT2D eigenvalue weighted by Crippen LogP contribution is -2.05. The Hall–Kier alpha value is -4.26. The SMILES string of the molecule is C=C/C=C(\C(=C)O)c1nc(-c2ccc(C(=O)OC)cc2)nc(-c2cccc(C)c2O)n1.CC.CC.CC. The van der Waals surface area contributed by atoms with Gasteiger partial charge in [-0.15, -0.1) is 0 Å². The molecule has 7 nitrogen and oxygen atoms in total. The van der Waals surface area contributed by atoms with Crippen LogP contribution in [0, 0.1) is 6.92 Å². The van der Waals surface area contributed by atoms with Crippen LogP contribution in [0.1, 0.15) is 63.3 Å². The van der Waals surface area contributed by atoms with Crippen molar-refractivity contribution in [1.29, 1.82) is 0 Å². The van der Waals surface area contributed by atoms with Crippen LogP contribution in [-0.4, -0.2) is 38.2 Å². The molecule has 0 atom stereocenters. The molecule has 198 valence electrons. The molecular weight excluding hydrogens is 466 g/mol. The molecule has 37 heavy (non-hydrogen) atoms. The first kappa shape index (κ1) is 32.7. The highest BCUT2D eigenvalue weighted by Crippen LogP contribution is 2.32. The van der Waals surface area contributed by atoms with Crippen LogP contribution >= 0.6 is 0 Å². The van der Waals surface area contributed by atoms with E-state index in [9.17, 15) is 15.0 Å². The Labute approximate surface area is 220 Å². The maximum atomic E-state index is 11.7. The van der Waals surface area contributed by atoms with Crippen molar-refractivity contribution in [2.75, 3.05) is 7.11 Å². The lowest BCUT2D eigenvalue weighted by Gasteiger charge is -2.11. The van der Waals surface area contributed by atoms with Crippen molar-refractivity contribution in [3.63, 3.8) is 0 Å². The number of carbonyl (C=O) groups is 1. The van der Waals surface area contributed by atoms with Gasteiger partial charge >= 0.3 is 5.97 Å². The highest BCUT2D eigenvalue weighted by molar-refractivity contribution is 5.89. The molecule has 2 N–H and O–H groups in total. The summed E-state index contributed by atoms with van der Waals surface area (Å²) in [5, 5.41) is 20.6. The Kier molecular flexibility index (Phi) is 15.2. The molecule has 0 spiro atoms. The lowest BCUT2D eigenvalue weighted by molar-refractivity contribution is 0.0600. The number of phenolic OH excluding ortho intramolecular Hbond substituents is 1. The largest absolute Gasteiger partial charge is 0.508 e. The van der Waals surface area contributed by atoms with Gasteiger partial charge in [0.05, 0.1) is 23.8 Å². The van der Waals surface area contributed by atoms with Crippen LogP contribution in [0.4, 0.5) is 0 Å². The van der Waals surface area contributed by atoms with Crippen molar-refractivity contribution >= 4 is 11.5 Å². The summed E-state index contributed by atoms with van der Waals surface area (Å²) in [5.74, 6) is 0.00981. The number of aromatic hydroxyl groups is 1. The molecule has 0 aliphatic rings. The quantitative estimate of drug-likeness (QED) is 0.201. The number of allylic oxidation sites excluding steroid dienone is 3. The van der Waals surface area contributed by atoms with Crippen molar-refractivity contribution < 1.29 is 19.7 Å². The van der Waals surface area contributed by atoms with E-state index in [1.807, 2.05) is 41.5 Å². The summed E-state index contributed by atoms with van der Waals surface area (Å²) in [6.07, 6.45) is 3.01. The van der Waals surface area contributed by atoms with Gasteiger partial charge in [-0.05, 0) is 36.8 Å². The van der Waals surface area contributed by atoms with Crippen LogP contribution in [0.2, 0.25) is 0 Å². The average molecular weight is 506 g/mol. The third-order valence-corrected chi connectivity index (χ3v) is 4.51. The van der Waals surface area contributed by atoms with E-state index in [4.69, 9.17) is 4.74 Å². The van der Waals surface area contributed by atoms with Crippen LogP contribution in [0.3, 0.4) is 0 Å². The van der Waals surface area contributed by atoms with Gasteiger partial charge < -0.3 is 14.9 Å². The fourth-order valence-electron chi connectivity index (χ4n) is 2.88. The Morgan fingerprint density at radius 1 is 0.919 bits per heavy atom. The minimum absolute atomic E-state index is 0.0451. The number of esters is 1. The second-order valence-corrected chi connectivity index (χ2v) is 6.61. The standard InChI is InChI=1S/C24H21N3O4.3C2H6/c1-5-7-18(15(3)28)22-25-21(16-10-12-17(13-11-16)24(30)31-4)26-23(27-22)19-9-6-8-14(2)20(19)29;3*1-2/h5-13,28-29H,1,3H2,2,4H3;3*1-2H3/b18-7+;;;. The number of ether oxygens (including phenoxy) is 1. The topological polar surface area (TPSA) is 105 Å². The number of aryl methyl sites for hydroxylation is 1. The molecular formula is C30H39N3O4. The molecule has 0 aliphatic heterocycles. The summed E-state index contributed by atoms with van der Waals surface area (Å²) in [7, 11) is 1.31. The number of nitrogens with zero attached hydrogens (tertiary/aromatic N) is 3. The van der Waals surface area contributed by atoms with Gasteiger partial charge in [0.2, 0.25) is 0 Å². The number of hydrogen-bond donors (Lipinski definition) is 2. The second kappa shape index (κ2) is 17.2. The molecule has 2 aromatic carbocycles. The van der Waals surface area contributed by atoms with Gasteiger partial charge in [0.25, 0.3) is 0 Å². The van der Waals surface area contributed by atoms with Crippen LogP contribution < -0.4 is 0 Å². The van der Waals surface area contributed by atoms with E-state index in [1.165, 1.54) is 19.3 Å². The van der Waals surface area contributed by atoms with Gasteiger partial charge in [-0.2, -0.15) is 0 Å². The normalized spacial score (nSPS) is 9.78. The molecule has 3 rings (SSSR count). The maximum Gasteiger partial charge on any atom is 0.337 e. The third kappa shape index (κ3) is 8.72. The zero-order valence-electron chi connectivity index (χ0n) is 23.2. The first-order chi connectivity index (χ1) is 17.8. The van der Waals surface area contributed by atoms with Crippen molar-refractivity contribution in [3.05, 3.63) is 90.5 Å². The molecule has 3 aromatic rings. The van der Waals surface area contributed by atoms with Gasteiger partial charge in [-0.1, -0.05) is 85.0 Å². The number of aliphatic hydroxyl groups excluding tert-OH is 1. The summed E-state index contributed by atoms with van der Waals surface area (Å²) in [6.45, 7) is 21.0. The van der Waals surface area contributed by atoms with Gasteiger partial charge in [0.1, 0.15) is 11.5 Å². The highest BCUT2D eigenvalue weighted by atomic mass is 16.5. The number of para-hydroxylation sites is 1. The number of hydrogen-bond acceptors (Lipinski definition) is 7. The Balaban J connectivity index is 0.00000201. The lowest BCUT2D eigenvalue weighted by atomic mass is 10.1. The van der Waals surface area contributed by atoms with Gasteiger partial charge in [0, 0.05) is 5.56 Å². The predicted molar refractivity (Wildman–Crippen MR) is 152 cm³/mol. The van der Waals surface area contributed by atoms with Gasteiger partial charge in [-0.25, -0.2) is 19.7 Å². The molecule has 1 heterocycles. The van der Waals surface area contributed by atoms with Crippen LogP contribution in [0.15, 0.2) is 73.5 Å². The zero-order valence-corrected chi connectivity index (χ0v) is 23.2. The predicted octanol–water partition coefficient (Wildman–Crippen LogP) is 7.73. The summed E-state index contributed by atoms with van der Waals surface area (Å²) in [4.78, 5) is 25.1. The molecule has 0 bridgehead atoms. The summed E-state index contributed by atoms with van der Waals surface area (Å²) in [5.41, 5.74) is 2.33. The summed E-state index contributed by atoms with van der Waals surface area (Å²) < 4.78 is 4.72. The van der Waals surface area contributed by atoms with E-state index in [-0.39, 0.29) is 34.6 Å². The minimum Gasteiger partial charge on any atom is -0.508 e. The monoisotopic (exact) mass is 505 g/mol. The number of phenols is 1. The number of carbonyl (C=O) groups excluding carboxylic acids is 1. The Morgan fingerprint density at radius 2 is 1.49 bits per heavy atom. The second-order valence-electron chi connectivity index (χ2n) is 6.61. The van der Waals surface area contributed by atoms with Gasteiger partial charge in [-0.3, -0.25) is 0 Å². The number of aromatic nitrogens is 3. The first-order valence-corrected chi connectivity index (χ1v) is 12.3. The third-order valence-electron chi connectivity index (χ3n) is 4.51. The van der Waals surface area contributed by atoms with Crippen LogP contribution in [0.25, 0.3) is 28.3 Å². The smallest absolute Gasteiger partial charge is 0.337 e.